The number of carbonyl (C=O) groups excluding carboxylic acids is 2. The molecule has 0 unspecified atom stereocenters. The largest absolute Gasteiger partial charge is 0.449 e. The second-order valence-electron chi connectivity index (χ2n) is 5.41. The van der Waals surface area contributed by atoms with Gasteiger partial charge >= 0.3 is 5.97 Å². The van der Waals surface area contributed by atoms with E-state index in [4.69, 9.17) is 16.3 Å². The Morgan fingerprint density at radius 3 is 2.48 bits per heavy atom. The summed E-state index contributed by atoms with van der Waals surface area (Å²) >= 11 is 5.97. The minimum Gasteiger partial charge on any atom is -0.449 e. The third kappa shape index (κ3) is 4.51. The zero-order valence-corrected chi connectivity index (χ0v) is 14.4. The number of carbonyl (C=O) groups is 2. The lowest BCUT2D eigenvalue weighted by molar-refractivity contribution is -0.123. The van der Waals surface area contributed by atoms with Gasteiger partial charge in [-0.15, -0.1) is 0 Å². The van der Waals surface area contributed by atoms with Gasteiger partial charge < -0.3 is 10.1 Å². The Morgan fingerprint density at radius 2 is 1.88 bits per heavy atom. The van der Waals surface area contributed by atoms with E-state index in [0.717, 1.165) is 12.1 Å². The zero-order chi connectivity index (χ0) is 18.7. The fourth-order valence-electron chi connectivity index (χ4n) is 2.13. The average Bonchev–Trinajstić information content (AvgIpc) is 2.49. The molecule has 0 spiro atoms. The molecule has 8 heteroatoms. The topological polar surface area (TPSA) is 68.3 Å². The molecule has 0 saturated heterocycles. The normalized spacial score (nSPS) is 11.8. The molecule has 1 amide bonds. The minimum absolute atomic E-state index is 0.0179. The number of hydrogen-bond donors (Lipinski definition) is 1. The summed E-state index contributed by atoms with van der Waals surface area (Å²) in [5.74, 6) is -3.64. The van der Waals surface area contributed by atoms with Crippen molar-refractivity contribution in [3.05, 3.63) is 57.9 Å². The molecule has 1 N–H and O–H groups in total. The van der Waals surface area contributed by atoms with Gasteiger partial charge in [-0.3, -0.25) is 4.79 Å². The van der Waals surface area contributed by atoms with E-state index in [0.29, 0.717) is 11.3 Å². The standard InChI is InChI=1S/C17H15ClF2N2O3/c1-8-6-9(2)21-15(18)14(8)17(24)25-10(3)16(23)22-11-4-5-12(19)13(20)7-11/h4-7,10H,1-3H3,(H,22,23)/t10-/m0/s1. The number of benzene rings is 1. The number of amides is 1. The Morgan fingerprint density at radius 1 is 1.20 bits per heavy atom. The molecule has 0 fully saturated rings. The minimum atomic E-state index is -1.18. The Bertz CT molecular complexity index is 820. The van der Waals surface area contributed by atoms with Crippen LogP contribution >= 0.6 is 11.6 Å². The van der Waals surface area contributed by atoms with Crippen LogP contribution in [0.3, 0.4) is 0 Å². The molecule has 0 bridgehead atoms. The molecule has 0 aliphatic carbocycles. The van der Waals surface area contributed by atoms with Crippen molar-refractivity contribution in [2.24, 2.45) is 0 Å². The molecule has 1 heterocycles. The molecule has 0 saturated carbocycles. The van der Waals surface area contributed by atoms with Crippen LogP contribution in [0, 0.1) is 25.5 Å². The lowest BCUT2D eigenvalue weighted by Crippen LogP contribution is -2.30. The van der Waals surface area contributed by atoms with Crippen molar-refractivity contribution in [2.45, 2.75) is 26.9 Å². The first-order valence-electron chi connectivity index (χ1n) is 7.29. The molecule has 0 aliphatic heterocycles. The van der Waals surface area contributed by atoms with Crippen molar-refractivity contribution in [2.75, 3.05) is 5.32 Å². The highest BCUT2D eigenvalue weighted by atomic mass is 35.5. The predicted octanol–water partition coefficient (Wildman–Crippen LogP) is 3.81. The summed E-state index contributed by atoms with van der Waals surface area (Å²) in [6.45, 7) is 4.74. The summed E-state index contributed by atoms with van der Waals surface area (Å²) in [5, 5.41) is 2.32. The second-order valence-corrected chi connectivity index (χ2v) is 5.77. The number of esters is 1. The van der Waals surface area contributed by atoms with Crippen LogP contribution in [0.15, 0.2) is 24.3 Å². The Balaban J connectivity index is 2.08. The number of anilines is 1. The van der Waals surface area contributed by atoms with E-state index in [9.17, 15) is 18.4 Å². The first-order chi connectivity index (χ1) is 11.7. The summed E-state index contributed by atoms with van der Waals surface area (Å²) in [7, 11) is 0. The van der Waals surface area contributed by atoms with E-state index in [-0.39, 0.29) is 16.4 Å². The van der Waals surface area contributed by atoms with Crippen LogP contribution in [-0.2, 0) is 9.53 Å². The number of aromatic nitrogens is 1. The second kappa shape index (κ2) is 7.57. The highest BCUT2D eigenvalue weighted by Crippen LogP contribution is 2.20. The van der Waals surface area contributed by atoms with Crippen LogP contribution in [0.4, 0.5) is 14.5 Å². The monoisotopic (exact) mass is 368 g/mol. The summed E-state index contributed by atoms with van der Waals surface area (Å²) in [4.78, 5) is 28.3. The lowest BCUT2D eigenvalue weighted by atomic mass is 10.1. The van der Waals surface area contributed by atoms with Crippen LogP contribution < -0.4 is 5.32 Å². The Hall–Kier alpha value is -2.54. The Labute approximate surface area is 148 Å². The SMILES string of the molecule is Cc1cc(C)c(C(=O)O[C@@H](C)C(=O)Nc2ccc(F)c(F)c2)c(Cl)n1. The van der Waals surface area contributed by atoms with Gasteiger partial charge in [0.2, 0.25) is 0 Å². The van der Waals surface area contributed by atoms with Gasteiger partial charge in [-0.25, -0.2) is 18.6 Å². The molecule has 132 valence electrons. The van der Waals surface area contributed by atoms with Crippen LogP contribution in [0.5, 0.6) is 0 Å². The van der Waals surface area contributed by atoms with E-state index in [2.05, 4.69) is 10.3 Å². The maximum Gasteiger partial charge on any atom is 0.342 e. The van der Waals surface area contributed by atoms with Gasteiger partial charge in [0.1, 0.15) is 5.15 Å². The fourth-order valence-corrected chi connectivity index (χ4v) is 2.49. The van der Waals surface area contributed by atoms with Crippen molar-refractivity contribution in [3.8, 4) is 0 Å². The van der Waals surface area contributed by atoms with Crippen molar-refractivity contribution in [1.82, 2.24) is 4.98 Å². The molecule has 0 aliphatic rings. The molecular weight excluding hydrogens is 354 g/mol. The first-order valence-corrected chi connectivity index (χ1v) is 7.67. The van der Waals surface area contributed by atoms with E-state index >= 15 is 0 Å². The molecule has 5 nitrogen and oxygen atoms in total. The maximum atomic E-state index is 13.2. The van der Waals surface area contributed by atoms with Gasteiger partial charge in [0.05, 0.1) is 5.56 Å². The summed E-state index contributed by atoms with van der Waals surface area (Å²) in [5.41, 5.74) is 1.32. The number of hydrogen-bond acceptors (Lipinski definition) is 4. The first kappa shape index (κ1) is 18.8. The van der Waals surface area contributed by atoms with E-state index in [1.807, 2.05) is 0 Å². The molecule has 1 aromatic heterocycles. The van der Waals surface area contributed by atoms with Crippen LogP contribution in [0.25, 0.3) is 0 Å². The van der Waals surface area contributed by atoms with Crippen molar-refractivity contribution < 1.29 is 23.1 Å². The van der Waals surface area contributed by atoms with Crippen LogP contribution in [-0.4, -0.2) is 23.0 Å². The predicted molar refractivity (Wildman–Crippen MR) is 88.6 cm³/mol. The molecule has 25 heavy (non-hydrogen) atoms. The third-order valence-corrected chi connectivity index (χ3v) is 3.62. The highest BCUT2D eigenvalue weighted by Gasteiger charge is 2.23. The highest BCUT2D eigenvalue weighted by molar-refractivity contribution is 6.32. The van der Waals surface area contributed by atoms with Gasteiger partial charge in [0.25, 0.3) is 5.91 Å². The number of aryl methyl sites for hydroxylation is 2. The van der Waals surface area contributed by atoms with Crippen molar-refractivity contribution in [1.29, 1.82) is 0 Å². The quantitative estimate of drug-likeness (QED) is 0.658. The lowest BCUT2D eigenvalue weighted by Gasteiger charge is -2.15. The Kier molecular flexibility index (Phi) is 5.69. The fraction of sp³-hybridized carbons (Fsp3) is 0.235. The molecular formula is C17H15ClF2N2O3. The molecule has 1 aromatic carbocycles. The van der Waals surface area contributed by atoms with Gasteiger partial charge in [-0.2, -0.15) is 0 Å². The zero-order valence-electron chi connectivity index (χ0n) is 13.7. The molecule has 2 aromatic rings. The summed E-state index contributed by atoms with van der Waals surface area (Å²) in [6, 6.07) is 4.56. The smallest absolute Gasteiger partial charge is 0.342 e. The van der Waals surface area contributed by atoms with E-state index in [1.165, 1.54) is 13.0 Å². The maximum absolute atomic E-state index is 13.2. The molecule has 2 rings (SSSR count). The van der Waals surface area contributed by atoms with Gasteiger partial charge in [-0.1, -0.05) is 11.6 Å². The number of halogens is 3. The number of nitrogens with zero attached hydrogens (tertiary/aromatic N) is 1. The summed E-state index contributed by atoms with van der Waals surface area (Å²) < 4.78 is 31.1. The third-order valence-electron chi connectivity index (χ3n) is 3.34. The number of pyridine rings is 1. The van der Waals surface area contributed by atoms with Crippen molar-refractivity contribution in [3.63, 3.8) is 0 Å². The van der Waals surface area contributed by atoms with Gasteiger partial charge in [0.15, 0.2) is 17.7 Å². The van der Waals surface area contributed by atoms with E-state index in [1.54, 1.807) is 19.9 Å². The average molecular weight is 369 g/mol. The van der Waals surface area contributed by atoms with Crippen molar-refractivity contribution >= 4 is 29.2 Å². The van der Waals surface area contributed by atoms with Crippen LogP contribution in [0.2, 0.25) is 5.15 Å². The summed E-state index contributed by atoms with van der Waals surface area (Å²) in [6.07, 6.45) is -1.18. The number of ether oxygens (including phenoxy) is 1. The van der Waals surface area contributed by atoms with Gasteiger partial charge in [0, 0.05) is 17.4 Å². The number of rotatable bonds is 4. The molecule has 0 radical (unpaired) electrons. The van der Waals surface area contributed by atoms with Crippen LogP contribution in [0.1, 0.15) is 28.5 Å². The molecule has 1 atom stereocenters. The van der Waals surface area contributed by atoms with E-state index < -0.39 is 29.6 Å². The van der Waals surface area contributed by atoms with Gasteiger partial charge in [-0.05, 0) is 44.5 Å². The number of nitrogens with one attached hydrogen (secondary N) is 1.